The smallest absolute Gasteiger partial charge is 0.486 e. The van der Waals surface area contributed by atoms with E-state index in [0.717, 1.165) is 5.56 Å². The minimum Gasteiger partial charge on any atom is -0.486 e. The van der Waals surface area contributed by atoms with E-state index >= 15 is 0 Å². The second-order valence-electron chi connectivity index (χ2n) is 2.90. The summed E-state index contributed by atoms with van der Waals surface area (Å²) in [6.07, 6.45) is 0. The molecule has 0 spiro atoms. The van der Waals surface area contributed by atoms with Gasteiger partial charge in [0.15, 0.2) is 0 Å². The van der Waals surface area contributed by atoms with Crippen molar-refractivity contribution in [3.8, 4) is 0 Å². The number of hydrazine groups is 2. The molecule has 11 N–H and O–H groups in total. The Labute approximate surface area is 130 Å². The molecule has 0 radical (unpaired) electrons. The number of nitrogen functional groups attached to an aromatic ring is 2. The monoisotopic (exact) mass is 479 g/mol. The van der Waals surface area contributed by atoms with Gasteiger partial charge in [0.2, 0.25) is 0 Å². The zero-order valence-corrected chi connectivity index (χ0v) is 14.6. The van der Waals surface area contributed by atoms with Crippen LogP contribution in [0.1, 0.15) is 5.56 Å². The van der Waals surface area contributed by atoms with E-state index in [9.17, 15) is 0 Å². The van der Waals surface area contributed by atoms with E-state index < -0.39 is 0 Å². The quantitative estimate of drug-likeness (QED) is 0.170. The summed E-state index contributed by atoms with van der Waals surface area (Å²) >= 11 is 0. The number of benzene rings is 1. The van der Waals surface area contributed by atoms with Crippen LogP contribution >= 0.6 is 0 Å². The largest absolute Gasteiger partial charge is 2.00 e. The summed E-state index contributed by atoms with van der Waals surface area (Å²) in [6, 6.07) is 2.92. The molecule has 1 aromatic carbocycles. The summed E-state index contributed by atoms with van der Waals surface area (Å²) in [7, 11) is 4.46. The summed E-state index contributed by atoms with van der Waals surface area (Å²) in [5.74, 6) is 10.6. The molecule has 0 aliphatic carbocycles. The molecule has 0 aliphatic heterocycles. The summed E-state index contributed by atoms with van der Waals surface area (Å²) in [6.45, 7) is 1.78. The topological polar surface area (TPSA) is 146 Å². The van der Waals surface area contributed by atoms with Crippen molar-refractivity contribution in [1.29, 1.82) is 0 Å². The molecular formula is C9H19N7OU. The number of nitrogens with one attached hydrogen (secondary N) is 4. The molecule has 0 unspecified atom stereocenters. The van der Waals surface area contributed by atoms with Crippen LogP contribution in [0.15, 0.2) is 0 Å². The third-order valence-corrected chi connectivity index (χ3v) is 2.15. The Balaban J connectivity index is 0. The van der Waals surface area contributed by atoms with E-state index in [0.29, 0.717) is 22.7 Å². The number of hydrogen-bond donors (Lipinski definition) is 8. The summed E-state index contributed by atoms with van der Waals surface area (Å²) in [4.78, 5) is 0. The Bertz CT molecular complexity index is 361. The van der Waals surface area contributed by atoms with Crippen molar-refractivity contribution in [3.05, 3.63) is 18.7 Å². The first-order chi connectivity index (χ1) is 8.19. The zero-order chi connectivity index (χ0) is 13.4. The fourth-order valence-electron chi connectivity index (χ4n) is 1.36. The Hall–Kier alpha value is -0.688. The van der Waals surface area contributed by atoms with E-state index in [-0.39, 0.29) is 31.1 Å². The minimum absolute atomic E-state index is 0. The molecule has 0 aliphatic rings. The van der Waals surface area contributed by atoms with Crippen LogP contribution in [0.5, 0.6) is 0 Å². The van der Waals surface area contributed by atoms with E-state index in [1.165, 1.54) is 0 Å². The zero-order valence-electron chi connectivity index (χ0n) is 10.4. The fraction of sp³-hybridized carbons (Fsp3) is 0.222. The van der Waals surface area contributed by atoms with Gasteiger partial charge in [-0.2, -0.15) is 0 Å². The molecule has 18 heavy (non-hydrogen) atoms. The van der Waals surface area contributed by atoms with Gasteiger partial charge in [0.05, 0.1) is 0 Å². The van der Waals surface area contributed by atoms with Crippen molar-refractivity contribution < 1.29 is 36.3 Å². The SMILES string of the molecule is CNc1c(NN)[c-]c(NN)c(C)c1NO.[CH2-]N.[U+2]. The van der Waals surface area contributed by atoms with Gasteiger partial charge in [0.1, 0.15) is 0 Å². The Morgan fingerprint density at radius 1 is 1.11 bits per heavy atom. The second kappa shape index (κ2) is 10.3. The first kappa shape index (κ1) is 19.6. The summed E-state index contributed by atoms with van der Waals surface area (Å²) in [5, 5.41) is 11.9. The van der Waals surface area contributed by atoms with Crippen molar-refractivity contribution in [2.45, 2.75) is 6.92 Å². The van der Waals surface area contributed by atoms with Crippen molar-refractivity contribution in [2.75, 3.05) is 28.7 Å². The molecule has 100 valence electrons. The minimum atomic E-state index is 0. The van der Waals surface area contributed by atoms with Crippen LogP contribution in [0.3, 0.4) is 0 Å². The molecule has 0 heterocycles. The molecule has 0 saturated heterocycles. The van der Waals surface area contributed by atoms with Crippen LogP contribution in [0, 0.1) is 51.2 Å². The van der Waals surface area contributed by atoms with Crippen LogP contribution in [-0.2, 0) is 0 Å². The molecule has 0 saturated carbocycles. The van der Waals surface area contributed by atoms with Gasteiger partial charge in [-0.15, -0.1) is 11.6 Å². The fourth-order valence-corrected chi connectivity index (χ4v) is 1.36. The maximum atomic E-state index is 9.03. The number of nitrogens with two attached hydrogens (primary N) is 3. The Kier molecular flexibility index (Phi) is 11.2. The van der Waals surface area contributed by atoms with E-state index in [1.54, 1.807) is 14.0 Å². The molecule has 1 rings (SSSR count). The summed E-state index contributed by atoms with van der Waals surface area (Å²) in [5.41, 5.74) is 14.1. The number of hydrogen-bond acceptors (Lipinski definition) is 8. The molecule has 0 fully saturated rings. The average molecular weight is 479 g/mol. The van der Waals surface area contributed by atoms with Crippen LogP contribution in [-0.4, -0.2) is 12.3 Å². The van der Waals surface area contributed by atoms with Gasteiger partial charge in [0.25, 0.3) is 0 Å². The van der Waals surface area contributed by atoms with Crippen molar-refractivity contribution in [1.82, 2.24) is 0 Å². The first-order valence-corrected chi connectivity index (χ1v) is 4.71. The average Bonchev–Trinajstić information content (AvgIpc) is 2.40. The third kappa shape index (κ3) is 4.20. The van der Waals surface area contributed by atoms with Crippen LogP contribution < -0.4 is 39.1 Å². The van der Waals surface area contributed by atoms with Gasteiger partial charge >= 0.3 is 31.1 Å². The Morgan fingerprint density at radius 3 is 1.94 bits per heavy atom. The molecule has 9 heteroatoms. The van der Waals surface area contributed by atoms with Gasteiger partial charge in [-0.3, -0.25) is 29.4 Å². The maximum absolute atomic E-state index is 9.03. The van der Waals surface area contributed by atoms with Crippen molar-refractivity contribution in [2.24, 2.45) is 17.4 Å². The van der Waals surface area contributed by atoms with Crippen LogP contribution in [0.25, 0.3) is 0 Å². The Morgan fingerprint density at radius 2 is 1.61 bits per heavy atom. The summed E-state index contributed by atoms with van der Waals surface area (Å²) < 4.78 is 0. The predicted molar refractivity (Wildman–Crippen MR) is 70.1 cm³/mol. The number of rotatable bonds is 4. The third-order valence-electron chi connectivity index (χ3n) is 2.15. The predicted octanol–water partition coefficient (Wildman–Crippen LogP) is -0.0541. The molecule has 0 atom stereocenters. The van der Waals surface area contributed by atoms with E-state index in [1.807, 2.05) is 0 Å². The first-order valence-electron chi connectivity index (χ1n) is 4.71. The normalized spacial score (nSPS) is 8.39. The van der Waals surface area contributed by atoms with Gasteiger partial charge < -0.3 is 21.9 Å². The second-order valence-corrected chi connectivity index (χ2v) is 2.90. The maximum Gasteiger partial charge on any atom is 2.00 e. The standard InChI is InChI=1S/C8H15N6O.CH4N.U/c1-4-5(12-9)3-6(13-10)8(11-2)7(4)14-15;1-2;/h11-15H,9-10H2,1-2H3;1-2H2;/q2*-1;+2. The molecule has 0 bridgehead atoms. The van der Waals surface area contributed by atoms with Crippen molar-refractivity contribution in [3.63, 3.8) is 0 Å². The molecule has 0 aromatic heterocycles. The van der Waals surface area contributed by atoms with Gasteiger partial charge in [-0.25, -0.2) is 0 Å². The molecule has 8 nitrogen and oxygen atoms in total. The van der Waals surface area contributed by atoms with Gasteiger partial charge in [-0.1, -0.05) is 12.6 Å². The van der Waals surface area contributed by atoms with Gasteiger partial charge in [-0.05, 0) is 24.1 Å². The van der Waals surface area contributed by atoms with Crippen LogP contribution in [0.4, 0.5) is 22.7 Å². The van der Waals surface area contributed by atoms with Crippen molar-refractivity contribution >= 4 is 22.7 Å². The van der Waals surface area contributed by atoms with E-state index in [2.05, 4.69) is 40.5 Å². The molecular weight excluding hydrogens is 460 g/mol. The molecule has 1 aromatic rings. The number of anilines is 4. The van der Waals surface area contributed by atoms with Gasteiger partial charge in [0, 0.05) is 0 Å². The van der Waals surface area contributed by atoms with Crippen LogP contribution in [0.2, 0.25) is 0 Å². The van der Waals surface area contributed by atoms with E-state index in [4.69, 9.17) is 16.9 Å². The molecule has 0 amide bonds.